The summed E-state index contributed by atoms with van der Waals surface area (Å²) in [5.74, 6) is 7.03. The van der Waals surface area contributed by atoms with E-state index in [2.05, 4.69) is 29.6 Å². The second-order valence-electron chi connectivity index (χ2n) is 9.47. The zero-order valence-electron chi connectivity index (χ0n) is 18.9. The Hall–Kier alpha value is -1.96. The highest BCUT2D eigenvalue weighted by atomic mass is 19.4. The van der Waals surface area contributed by atoms with Gasteiger partial charge in [-0.3, -0.25) is 0 Å². The second kappa shape index (κ2) is 11.8. The summed E-state index contributed by atoms with van der Waals surface area (Å²) >= 11 is 0. The first-order chi connectivity index (χ1) is 15.3. The van der Waals surface area contributed by atoms with Gasteiger partial charge in [-0.2, -0.15) is 0 Å². The lowest BCUT2D eigenvalue weighted by molar-refractivity contribution is -0.275. The minimum Gasteiger partial charge on any atom is -0.403 e. The van der Waals surface area contributed by atoms with Crippen molar-refractivity contribution in [3.8, 4) is 17.6 Å². The van der Waals surface area contributed by atoms with Crippen molar-refractivity contribution in [2.45, 2.75) is 83.9 Å². The van der Waals surface area contributed by atoms with Crippen LogP contribution in [0.2, 0.25) is 0 Å². The Bertz CT molecular complexity index is 801. The van der Waals surface area contributed by atoms with Gasteiger partial charge in [-0.25, -0.2) is 4.39 Å². The molecular weight excluding hydrogens is 416 g/mol. The summed E-state index contributed by atoms with van der Waals surface area (Å²) in [7, 11) is 0. The third-order valence-electron chi connectivity index (χ3n) is 7.24. The van der Waals surface area contributed by atoms with E-state index in [0.717, 1.165) is 29.9 Å². The summed E-state index contributed by atoms with van der Waals surface area (Å²) in [4.78, 5) is 0. The van der Waals surface area contributed by atoms with Gasteiger partial charge >= 0.3 is 6.36 Å². The van der Waals surface area contributed by atoms with Crippen LogP contribution in [0.25, 0.3) is 0 Å². The lowest BCUT2D eigenvalue weighted by Gasteiger charge is -2.31. The van der Waals surface area contributed by atoms with E-state index in [1.807, 2.05) is 0 Å². The van der Waals surface area contributed by atoms with Gasteiger partial charge < -0.3 is 4.74 Å². The van der Waals surface area contributed by atoms with E-state index in [1.165, 1.54) is 76.7 Å². The molecule has 1 aromatic rings. The largest absolute Gasteiger partial charge is 0.573 e. The molecule has 176 valence electrons. The van der Waals surface area contributed by atoms with Gasteiger partial charge in [0.1, 0.15) is 0 Å². The van der Waals surface area contributed by atoms with E-state index in [0.29, 0.717) is 11.5 Å². The summed E-state index contributed by atoms with van der Waals surface area (Å²) in [6.07, 6.45) is 13.7. The number of ether oxygens (including phenoxy) is 1. The lowest BCUT2D eigenvalue weighted by Crippen LogP contribution is -2.17. The molecule has 0 atom stereocenters. The van der Waals surface area contributed by atoms with Crippen molar-refractivity contribution < 1.29 is 22.3 Å². The number of halogens is 4. The van der Waals surface area contributed by atoms with E-state index >= 15 is 0 Å². The highest BCUT2D eigenvalue weighted by Crippen LogP contribution is 2.37. The molecule has 0 amide bonds. The van der Waals surface area contributed by atoms with Crippen LogP contribution in [0.5, 0.6) is 5.75 Å². The van der Waals surface area contributed by atoms with E-state index < -0.39 is 17.9 Å². The van der Waals surface area contributed by atoms with Gasteiger partial charge in [0.25, 0.3) is 0 Å². The van der Waals surface area contributed by atoms with Crippen LogP contribution >= 0.6 is 0 Å². The molecule has 2 fully saturated rings. The summed E-state index contributed by atoms with van der Waals surface area (Å²) in [5, 5.41) is 0. The Labute approximate surface area is 189 Å². The van der Waals surface area contributed by atoms with Gasteiger partial charge in [-0.05, 0) is 73.6 Å². The maximum atomic E-state index is 13.7. The molecule has 3 rings (SSSR count). The van der Waals surface area contributed by atoms with Gasteiger partial charge in [0.05, 0.1) is 0 Å². The molecule has 32 heavy (non-hydrogen) atoms. The fourth-order valence-corrected chi connectivity index (χ4v) is 5.16. The van der Waals surface area contributed by atoms with Crippen LogP contribution in [0, 0.1) is 41.3 Å². The molecule has 2 aliphatic rings. The lowest BCUT2D eigenvalue weighted by atomic mass is 9.75. The number of allylic oxidation sites excluding steroid dienone is 2. The smallest absolute Gasteiger partial charge is 0.403 e. The average molecular weight is 451 g/mol. The molecule has 0 aliphatic heterocycles. The molecule has 2 aliphatic carbocycles. The fourth-order valence-electron chi connectivity index (χ4n) is 5.16. The highest BCUT2D eigenvalue weighted by molar-refractivity contribution is 5.41. The van der Waals surface area contributed by atoms with Crippen LogP contribution in [-0.4, -0.2) is 6.36 Å². The van der Waals surface area contributed by atoms with E-state index in [1.54, 1.807) is 6.08 Å². The monoisotopic (exact) mass is 450 g/mol. The van der Waals surface area contributed by atoms with Crippen LogP contribution in [0.3, 0.4) is 0 Å². The molecule has 0 aromatic heterocycles. The zero-order valence-corrected chi connectivity index (χ0v) is 18.9. The molecule has 0 spiro atoms. The van der Waals surface area contributed by atoms with Crippen molar-refractivity contribution in [2.75, 3.05) is 0 Å². The van der Waals surface area contributed by atoms with Gasteiger partial charge in [0.2, 0.25) is 0 Å². The Balaban J connectivity index is 1.37. The highest BCUT2D eigenvalue weighted by Gasteiger charge is 2.32. The van der Waals surface area contributed by atoms with Crippen molar-refractivity contribution >= 4 is 0 Å². The van der Waals surface area contributed by atoms with E-state index in [-0.39, 0.29) is 0 Å². The molecule has 1 aromatic carbocycles. The Morgan fingerprint density at radius 3 is 2.09 bits per heavy atom. The topological polar surface area (TPSA) is 9.23 Å². The van der Waals surface area contributed by atoms with Gasteiger partial charge in [-0.1, -0.05) is 69.8 Å². The second-order valence-corrected chi connectivity index (χ2v) is 9.47. The van der Waals surface area contributed by atoms with Crippen molar-refractivity contribution in [3.05, 3.63) is 41.7 Å². The molecular formula is C27H34F4O. The maximum Gasteiger partial charge on any atom is 0.573 e. The number of hydrogen-bond donors (Lipinski definition) is 0. The molecule has 0 saturated heterocycles. The molecule has 5 heteroatoms. The number of benzene rings is 1. The summed E-state index contributed by atoms with van der Waals surface area (Å²) in [5.41, 5.74) is 0.318. The minimum atomic E-state index is -4.91. The Kier molecular flexibility index (Phi) is 9.08. The van der Waals surface area contributed by atoms with Gasteiger partial charge in [0.15, 0.2) is 11.6 Å². The first kappa shape index (κ1) is 24.7. The van der Waals surface area contributed by atoms with Crippen molar-refractivity contribution in [1.82, 2.24) is 0 Å². The molecule has 1 nitrogen and oxygen atoms in total. The van der Waals surface area contributed by atoms with Crippen LogP contribution in [0.4, 0.5) is 17.6 Å². The maximum absolute atomic E-state index is 13.7. The average Bonchev–Trinajstić information content (AvgIpc) is 2.77. The molecule has 2 saturated carbocycles. The van der Waals surface area contributed by atoms with E-state index in [4.69, 9.17) is 0 Å². The first-order valence-corrected chi connectivity index (χ1v) is 12.1. The van der Waals surface area contributed by atoms with Gasteiger partial charge in [0, 0.05) is 5.56 Å². The Morgan fingerprint density at radius 2 is 1.53 bits per heavy atom. The van der Waals surface area contributed by atoms with Crippen molar-refractivity contribution in [1.29, 1.82) is 0 Å². The van der Waals surface area contributed by atoms with Crippen molar-refractivity contribution in [3.63, 3.8) is 0 Å². The minimum absolute atomic E-state index is 0.318. The molecule has 0 unspecified atom stereocenters. The van der Waals surface area contributed by atoms with Crippen LogP contribution in [0.15, 0.2) is 30.4 Å². The predicted octanol–water partition coefficient (Wildman–Crippen LogP) is 8.44. The normalized spacial score (nSPS) is 26.5. The van der Waals surface area contributed by atoms with E-state index in [9.17, 15) is 17.6 Å². The Morgan fingerprint density at radius 1 is 0.938 bits per heavy atom. The van der Waals surface area contributed by atoms with Crippen LogP contribution in [-0.2, 0) is 0 Å². The van der Waals surface area contributed by atoms with Crippen molar-refractivity contribution in [2.24, 2.45) is 23.7 Å². The summed E-state index contributed by atoms with van der Waals surface area (Å²) in [6, 6.07) is 3.24. The number of rotatable bonds is 6. The summed E-state index contributed by atoms with van der Waals surface area (Å²) in [6.45, 7) is 2.32. The molecule has 0 heterocycles. The number of hydrogen-bond acceptors (Lipinski definition) is 1. The van der Waals surface area contributed by atoms with Crippen LogP contribution < -0.4 is 4.74 Å². The molecule has 0 radical (unpaired) electrons. The first-order valence-electron chi connectivity index (χ1n) is 12.1. The zero-order chi connectivity index (χ0) is 23.0. The standard InChI is InChI=1S/C27H34F4O/c1-2-20-7-9-22(10-8-20)15-16-23-13-11-21(12-14-23)5-3-4-6-24-17-18-26(25(28)19-24)32-27(29,30)31/h3,5,17-23H,2,7-16H2,1H3/t20-,21-,22-,23-. The third kappa shape index (κ3) is 8.19. The quantitative estimate of drug-likeness (QED) is 0.312. The SMILES string of the molecule is CC[C@H]1CC[C@H](CC[C@H]2CC[C@H](C=CC#Cc3ccc(OC(F)(F)F)c(F)c3)CC2)CC1. The molecule has 0 bridgehead atoms. The fraction of sp³-hybridized carbons (Fsp3) is 0.630. The van der Waals surface area contributed by atoms with Gasteiger partial charge in [-0.15, -0.1) is 13.2 Å². The third-order valence-corrected chi connectivity index (χ3v) is 7.24. The predicted molar refractivity (Wildman–Crippen MR) is 120 cm³/mol. The molecule has 0 N–H and O–H groups in total. The number of alkyl halides is 3. The summed E-state index contributed by atoms with van der Waals surface area (Å²) < 4.78 is 53.9. The van der Waals surface area contributed by atoms with Crippen LogP contribution in [0.1, 0.15) is 83.1 Å².